The summed E-state index contributed by atoms with van der Waals surface area (Å²) >= 11 is 0. The first-order chi connectivity index (χ1) is 8.63. The number of carbonyl (C=O) groups is 1. The third kappa shape index (κ3) is 3.48. The minimum absolute atomic E-state index is 0.0305. The second-order valence-electron chi connectivity index (χ2n) is 4.07. The van der Waals surface area contributed by atoms with Crippen LogP contribution in [-0.4, -0.2) is 22.4 Å². The summed E-state index contributed by atoms with van der Waals surface area (Å²) in [6.07, 6.45) is 3.89. The normalized spacial score (nSPS) is 10.4. The summed E-state index contributed by atoms with van der Waals surface area (Å²) in [5.74, 6) is -0.133. The highest BCUT2D eigenvalue weighted by Crippen LogP contribution is 2.13. The zero-order chi connectivity index (χ0) is 13.5. The fraction of sp³-hybridized carbons (Fsp3) is 0.615. The van der Waals surface area contributed by atoms with Crippen molar-refractivity contribution >= 4 is 11.9 Å². The predicted molar refractivity (Wildman–Crippen MR) is 68.9 cm³/mol. The Morgan fingerprint density at radius 1 is 1.39 bits per heavy atom. The lowest BCUT2D eigenvalue weighted by atomic mass is 10.3. The van der Waals surface area contributed by atoms with Crippen LogP contribution >= 0.6 is 0 Å². The fourth-order valence-corrected chi connectivity index (χ4v) is 1.61. The van der Waals surface area contributed by atoms with E-state index < -0.39 is 5.82 Å². The van der Waals surface area contributed by atoms with Crippen LogP contribution in [0.15, 0.2) is 6.20 Å². The predicted octanol–water partition coefficient (Wildman–Crippen LogP) is 2.72. The number of aromatic nitrogens is 2. The van der Waals surface area contributed by atoms with Crippen LogP contribution < -0.4 is 4.90 Å². The quantitative estimate of drug-likeness (QED) is 0.783. The molecule has 100 valence electrons. The molecule has 5 heteroatoms. The summed E-state index contributed by atoms with van der Waals surface area (Å²) < 4.78 is 13.3. The molecule has 1 heterocycles. The molecular formula is C13H20FN3O. The first kappa shape index (κ1) is 14.5. The van der Waals surface area contributed by atoms with Gasteiger partial charge in [-0.15, -0.1) is 0 Å². The summed E-state index contributed by atoms with van der Waals surface area (Å²) in [6.45, 7) is 6.26. The lowest BCUT2D eigenvalue weighted by Gasteiger charge is -2.20. The number of anilines is 1. The average Bonchev–Trinajstić information content (AvgIpc) is 2.40. The molecular weight excluding hydrogens is 233 g/mol. The Hall–Kier alpha value is -1.52. The molecule has 0 unspecified atom stereocenters. The molecule has 18 heavy (non-hydrogen) atoms. The third-order valence-electron chi connectivity index (χ3n) is 2.72. The van der Waals surface area contributed by atoms with Crippen molar-refractivity contribution in [2.24, 2.45) is 0 Å². The van der Waals surface area contributed by atoms with E-state index >= 15 is 0 Å². The summed E-state index contributed by atoms with van der Waals surface area (Å²) in [6, 6.07) is 0. The van der Waals surface area contributed by atoms with E-state index in [0.29, 0.717) is 31.0 Å². The minimum atomic E-state index is -0.416. The number of aryl methyl sites for hydroxylation is 1. The molecule has 0 radical (unpaired) electrons. The van der Waals surface area contributed by atoms with Crippen molar-refractivity contribution in [1.29, 1.82) is 0 Å². The molecule has 1 amide bonds. The number of amides is 1. The number of hydrogen-bond acceptors (Lipinski definition) is 3. The standard InChI is InChI=1S/C13H20FN3O/c1-4-7-8-17(12(18)6-3)13-15-9-10(14)11(5-2)16-13/h9H,4-8H2,1-3H3. The molecule has 1 rings (SSSR count). The Morgan fingerprint density at radius 2 is 2.11 bits per heavy atom. The van der Waals surface area contributed by atoms with Gasteiger partial charge in [0.25, 0.3) is 0 Å². The molecule has 1 aromatic heterocycles. The van der Waals surface area contributed by atoms with Crippen molar-refractivity contribution in [2.45, 2.75) is 46.5 Å². The van der Waals surface area contributed by atoms with Gasteiger partial charge < -0.3 is 0 Å². The van der Waals surface area contributed by atoms with E-state index in [4.69, 9.17) is 0 Å². The topological polar surface area (TPSA) is 46.1 Å². The number of carbonyl (C=O) groups excluding carboxylic acids is 1. The average molecular weight is 253 g/mol. The smallest absolute Gasteiger partial charge is 0.232 e. The summed E-state index contributed by atoms with van der Waals surface area (Å²) in [5.41, 5.74) is 0.352. The molecule has 0 aliphatic heterocycles. The van der Waals surface area contributed by atoms with Gasteiger partial charge in [-0.25, -0.2) is 14.4 Å². The van der Waals surface area contributed by atoms with Gasteiger partial charge in [0.2, 0.25) is 11.9 Å². The van der Waals surface area contributed by atoms with Gasteiger partial charge in [-0.2, -0.15) is 0 Å². The molecule has 0 N–H and O–H groups in total. The van der Waals surface area contributed by atoms with Crippen LogP contribution in [0.4, 0.5) is 10.3 Å². The Balaban J connectivity index is 3.00. The molecule has 1 aromatic rings. The fourth-order valence-electron chi connectivity index (χ4n) is 1.61. The van der Waals surface area contributed by atoms with Crippen LogP contribution in [0.5, 0.6) is 0 Å². The highest BCUT2D eigenvalue weighted by molar-refractivity contribution is 5.91. The molecule has 0 spiro atoms. The van der Waals surface area contributed by atoms with Crippen molar-refractivity contribution in [1.82, 2.24) is 9.97 Å². The van der Waals surface area contributed by atoms with Crippen LogP contribution in [-0.2, 0) is 11.2 Å². The van der Waals surface area contributed by atoms with E-state index in [9.17, 15) is 9.18 Å². The molecule has 0 aliphatic carbocycles. The van der Waals surface area contributed by atoms with Crippen LogP contribution in [0.25, 0.3) is 0 Å². The monoisotopic (exact) mass is 253 g/mol. The second-order valence-corrected chi connectivity index (χ2v) is 4.07. The molecule has 0 bridgehead atoms. The molecule has 0 aliphatic rings. The van der Waals surface area contributed by atoms with Crippen molar-refractivity contribution < 1.29 is 9.18 Å². The SMILES string of the molecule is CCCCN(C(=O)CC)c1ncc(F)c(CC)n1. The van der Waals surface area contributed by atoms with Crippen LogP contribution in [0.1, 0.15) is 45.7 Å². The Morgan fingerprint density at radius 3 is 2.67 bits per heavy atom. The Kier molecular flexibility index (Phi) is 5.68. The van der Waals surface area contributed by atoms with E-state index in [-0.39, 0.29) is 5.91 Å². The molecule has 0 fully saturated rings. The van der Waals surface area contributed by atoms with Crippen LogP contribution in [0, 0.1) is 5.82 Å². The van der Waals surface area contributed by atoms with Gasteiger partial charge in [0.05, 0.1) is 11.9 Å². The zero-order valence-electron chi connectivity index (χ0n) is 11.2. The number of unbranched alkanes of at least 4 members (excludes halogenated alkanes) is 1. The van der Waals surface area contributed by atoms with Gasteiger partial charge in [0, 0.05) is 13.0 Å². The summed E-state index contributed by atoms with van der Waals surface area (Å²) in [5, 5.41) is 0. The first-order valence-electron chi connectivity index (χ1n) is 6.45. The van der Waals surface area contributed by atoms with Gasteiger partial charge in [0.1, 0.15) is 0 Å². The number of hydrogen-bond donors (Lipinski definition) is 0. The van der Waals surface area contributed by atoms with E-state index in [1.807, 2.05) is 6.92 Å². The van der Waals surface area contributed by atoms with Gasteiger partial charge in [-0.3, -0.25) is 9.69 Å². The zero-order valence-corrected chi connectivity index (χ0v) is 11.2. The maximum Gasteiger partial charge on any atom is 0.232 e. The van der Waals surface area contributed by atoms with Gasteiger partial charge in [0.15, 0.2) is 5.82 Å². The summed E-state index contributed by atoms with van der Waals surface area (Å²) in [7, 11) is 0. The van der Waals surface area contributed by atoms with Crippen molar-refractivity contribution in [2.75, 3.05) is 11.4 Å². The van der Waals surface area contributed by atoms with Crippen molar-refractivity contribution in [3.63, 3.8) is 0 Å². The molecule has 0 atom stereocenters. The first-order valence-corrected chi connectivity index (χ1v) is 6.45. The number of nitrogens with zero attached hydrogens (tertiary/aromatic N) is 3. The van der Waals surface area contributed by atoms with Crippen LogP contribution in [0.3, 0.4) is 0 Å². The number of halogens is 1. The van der Waals surface area contributed by atoms with Crippen LogP contribution in [0.2, 0.25) is 0 Å². The van der Waals surface area contributed by atoms with Gasteiger partial charge in [-0.1, -0.05) is 27.2 Å². The van der Waals surface area contributed by atoms with Gasteiger partial charge >= 0.3 is 0 Å². The lowest BCUT2D eigenvalue weighted by molar-refractivity contribution is -0.118. The molecule has 0 saturated carbocycles. The maximum absolute atomic E-state index is 13.3. The maximum atomic E-state index is 13.3. The Bertz CT molecular complexity index is 409. The second kappa shape index (κ2) is 7.03. The minimum Gasteiger partial charge on any atom is -0.281 e. The van der Waals surface area contributed by atoms with E-state index in [0.717, 1.165) is 19.0 Å². The van der Waals surface area contributed by atoms with Gasteiger partial charge in [-0.05, 0) is 12.8 Å². The highest BCUT2D eigenvalue weighted by atomic mass is 19.1. The Labute approximate surface area is 107 Å². The largest absolute Gasteiger partial charge is 0.281 e. The molecule has 4 nitrogen and oxygen atoms in total. The van der Waals surface area contributed by atoms with Crippen molar-refractivity contribution in [3.8, 4) is 0 Å². The third-order valence-corrected chi connectivity index (χ3v) is 2.72. The van der Waals surface area contributed by atoms with E-state index in [1.165, 1.54) is 0 Å². The van der Waals surface area contributed by atoms with E-state index in [2.05, 4.69) is 16.9 Å². The summed E-state index contributed by atoms with van der Waals surface area (Å²) in [4.78, 5) is 21.5. The van der Waals surface area contributed by atoms with E-state index in [1.54, 1.807) is 11.8 Å². The van der Waals surface area contributed by atoms with Crippen molar-refractivity contribution in [3.05, 3.63) is 17.7 Å². The lowest BCUT2D eigenvalue weighted by Crippen LogP contribution is -2.33. The number of rotatable bonds is 6. The highest BCUT2D eigenvalue weighted by Gasteiger charge is 2.17. The molecule has 0 aromatic carbocycles. The molecule has 0 saturated heterocycles.